The molecule has 0 spiro atoms. The van der Waals surface area contributed by atoms with Crippen LogP contribution in [0.1, 0.15) is 72.2 Å². The van der Waals surface area contributed by atoms with Crippen LogP contribution in [0.4, 0.5) is 34.1 Å². The molecular weight excluding hydrogens is 833 g/mol. The van der Waals surface area contributed by atoms with Crippen LogP contribution in [-0.2, 0) is 16.2 Å². The minimum absolute atomic E-state index is 0.171. The zero-order chi connectivity index (χ0) is 46.5. The molecule has 0 radical (unpaired) electrons. The number of fused-ring (bicyclic) bond motifs is 9. The van der Waals surface area contributed by atoms with Crippen molar-refractivity contribution in [2.75, 3.05) is 9.80 Å². The lowest BCUT2D eigenvalue weighted by Gasteiger charge is -2.36. The van der Waals surface area contributed by atoms with Gasteiger partial charge in [0, 0.05) is 44.8 Å². The number of rotatable bonds is 8. The van der Waals surface area contributed by atoms with E-state index >= 15 is 0 Å². The monoisotopic (exact) mass is 884 g/mol. The van der Waals surface area contributed by atoms with Crippen molar-refractivity contribution in [2.45, 2.75) is 43.9 Å². The zero-order valence-electron chi connectivity index (χ0n) is 39.5. The largest absolute Gasteiger partial charge is 0.310 e. The van der Waals surface area contributed by atoms with Crippen molar-refractivity contribution in [3.05, 3.63) is 287 Å². The Morgan fingerprint density at radius 3 is 1.14 bits per heavy atom. The average Bonchev–Trinajstić information content (AvgIpc) is 3.92. The smallest absolute Gasteiger partial charge is 0.0715 e. The van der Waals surface area contributed by atoms with Crippen LogP contribution in [0.5, 0.6) is 0 Å². The number of nitrogens with zero attached hydrogens (tertiary/aromatic N) is 2. The van der Waals surface area contributed by atoms with E-state index in [9.17, 15) is 0 Å². The van der Waals surface area contributed by atoms with E-state index in [1.807, 2.05) is 0 Å². The number of para-hydroxylation sites is 2. The van der Waals surface area contributed by atoms with Crippen LogP contribution in [0.3, 0.4) is 0 Å². The van der Waals surface area contributed by atoms with Crippen LogP contribution in [-0.4, -0.2) is 0 Å². The normalized spacial score (nSPS) is 14.7. The first-order valence-corrected chi connectivity index (χ1v) is 24.3. The van der Waals surface area contributed by atoms with Crippen LogP contribution < -0.4 is 9.80 Å². The van der Waals surface area contributed by atoms with Gasteiger partial charge in [0.05, 0.1) is 11.1 Å². The Morgan fingerprint density at radius 1 is 0.261 bits per heavy atom. The van der Waals surface area contributed by atoms with E-state index in [1.165, 1.54) is 77.9 Å². The topological polar surface area (TPSA) is 6.48 Å². The highest BCUT2D eigenvalue weighted by molar-refractivity contribution is 6.01. The molecule has 0 N–H and O–H groups in total. The van der Waals surface area contributed by atoms with Crippen molar-refractivity contribution in [2.24, 2.45) is 0 Å². The average molecular weight is 885 g/mol. The van der Waals surface area contributed by atoms with Gasteiger partial charge in [-0.3, -0.25) is 0 Å². The summed E-state index contributed by atoms with van der Waals surface area (Å²) in [5.74, 6) is 0. The molecule has 10 aromatic rings. The molecule has 3 aliphatic carbocycles. The van der Waals surface area contributed by atoms with E-state index in [1.54, 1.807) is 0 Å². The molecule has 0 unspecified atom stereocenters. The van der Waals surface area contributed by atoms with Gasteiger partial charge in [-0.1, -0.05) is 210 Å². The molecule has 10 aromatic carbocycles. The summed E-state index contributed by atoms with van der Waals surface area (Å²) in [6, 6.07) is 90.7. The Labute approximate surface area is 406 Å². The quantitative estimate of drug-likeness (QED) is 0.150. The molecule has 0 saturated carbocycles. The third-order valence-electron chi connectivity index (χ3n) is 15.7. The van der Waals surface area contributed by atoms with Crippen LogP contribution in [0.25, 0.3) is 33.4 Å². The summed E-state index contributed by atoms with van der Waals surface area (Å²) in [6.45, 7) is 9.51. The maximum absolute atomic E-state index is 2.54. The van der Waals surface area contributed by atoms with Crippen molar-refractivity contribution in [3.63, 3.8) is 0 Å². The molecule has 2 heteroatoms. The summed E-state index contributed by atoms with van der Waals surface area (Å²) in [4.78, 5) is 5.04. The van der Waals surface area contributed by atoms with Gasteiger partial charge in [0.2, 0.25) is 0 Å². The molecule has 0 atom stereocenters. The van der Waals surface area contributed by atoms with E-state index in [0.717, 1.165) is 34.1 Å². The van der Waals surface area contributed by atoms with Crippen molar-refractivity contribution in [3.8, 4) is 33.4 Å². The van der Waals surface area contributed by atoms with Gasteiger partial charge >= 0.3 is 0 Å². The second kappa shape index (κ2) is 15.4. The lowest BCUT2D eigenvalue weighted by Crippen LogP contribution is -2.29. The first kappa shape index (κ1) is 41.0. The number of anilines is 6. The molecule has 3 aliphatic rings. The molecule has 0 saturated heterocycles. The first-order valence-electron chi connectivity index (χ1n) is 24.3. The predicted molar refractivity (Wildman–Crippen MR) is 288 cm³/mol. The summed E-state index contributed by atoms with van der Waals surface area (Å²) in [5.41, 5.74) is 23.8. The molecule has 0 fully saturated rings. The van der Waals surface area contributed by atoms with Gasteiger partial charge in [0.15, 0.2) is 0 Å². The summed E-state index contributed by atoms with van der Waals surface area (Å²) in [5, 5.41) is 0. The van der Waals surface area contributed by atoms with E-state index < -0.39 is 5.41 Å². The van der Waals surface area contributed by atoms with Gasteiger partial charge in [-0.25, -0.2) is 0 Å². The number of hydrogen-bond acceptors (Lipinski definition) is 2. The highest BCUT2D eigenvalue weighted by Crippen LogP contribution is 2.62. The fourth-order valence-corrected chi connectivity index (χ4v) is 12.5. The molecule has 0 aromatic heterocycles. The number of benzene rings is 10. The number of hydrogen-bond donors (Lipinski definition) is 0. The molecule has 13 rings (SSSR count). The third kappa shape index (κ3) is 5.98. The lowest BCUT2D eigenvalue weighted by molar-refractivity contribution is 0.660. The lowest BCUT2D eigenvalue weighted by atomic mass is 9.67. The summed E-state index contributed by atoms with van der Waals surface area (Å²) in [6.07, 6.45) is 0. The maximum atomic E-state index is 2.54. The summed E-state index contributed by atoms with van der Waals surface area (Å²) < 4.78 is 0. The molecule has 2 nitrogen and oxygen atoms in total. The predicted octanol–water partition coefficient (Wildman–Crippen LogP) is 17.6. The first-order chi connectivity index (χ1) is 33.8. The van der Waals surface area contributed by atoms with E-state index in [2.05, 4.69) is 280 Å². The molecule has 0 heterocycles. The zero-order valence-corrected chi connectivity index (χ0v) is 39.5. The van der Waals surface area contributed by atoms with Crippen LogP contribution in [0.2, 0.25) is 0 Å². The Kier molecular flexibility index (Phi) is 9.17. The van der Waals surface area contributed by atoms with Crippen molar-refractivity contribution < 1.29 is 0 Å². The van der Waals surface area contributed by atoms with Crippen LogP contribution in [0, 0.1) is 0 Å². The Morgan fingerprint density at radius 2 is 0.638 bits per heavy atom. The fraction of sp³-hybridized carbons (Fsp3) is 0.104. The van der Waals surface area contributed by atoms with Gasteiger partial charge in [-0.15, -0.1) is 0 Å². The van der Waals surface area contributed by atoms with Crippen LogP contribution >= 0.6 is 0 Å². The Bertz CT molecular complexity index is 3570. The van der Waals surface area contributed by atoms with Gasteiger partial charge < -0.3 is 9.80 Å². The minimum atomic E-state index is -0.646. The van der Waals surface area contributed by atoms with Crippen molar-refractivity contribution in [1.82, 2.24) is 0 Å². The minimum Gasteiger partial charge on any atom is -0.310 e. The maximum Gasteiger partial charge on any atom is 0.0715 e. The van der Waals surface area contributed by atoms with Gasteiger partial charge in [-0.2, -0.15) is 0 Å². The summed E-state index contributed by atoms with van der Waals surface area (Å²) >= 11 is 0. The van der Waals surface area contributed by atoms with Crippen molar-refractivity contribution in [1.29, 1.82) is 0 Å². The van der Waals surface area contributed by atoms with E-state index in [0.29, 0.717) is 0 Å². The van der Waals surface area contributed by atoms with E-state index in [-0.39, 0.29) is 10.8 Å². The molecule has 69 heavy (non-hydrogen) atoms. The standard InChI is InChI=1S/C67H52N2/c1-65(2)57-34-20-17-31-52(57)54-39-37-49(41-60(54)65)68(47-27-13-7-14-28-47)51-43-62-64(56-33-19-22-36-59(56)67(62,45-23-9-5-10-24-45)46-25-11-6-12-26-46)63(44-51)69(48-29-15-8-16-30-48)50-38-40-55-53-32-18-21-35-58(53)66(3,4)61(55)42-50/h5-44H,1-4H3. The van der Waals surface area contributed by atoms with Gasteiger partial charge in [-0.05, 0) is 133 Å². The molecule has 0 bridgehead atoms. The summed E-state index contributed by atoms with van der Waals surface area (Å²) in [7, 11) is 0. The molecular formula is C67H52N2. The van der Waals surface area contributed by atoms with Crippen molar-refractivity contribution >= 4 is 34.1 Å². The van der Waals surface area contributed by atoms with Crippen LogP contribution in [0.15, 0.2) is 243 Å². The van der Waals surface area contributed by atoms with E-state index in [4.69, 9.17) is 0 Å². The highest BCUT2D eigenvalue weighted by Gasteiger charge is 2.48. The van der Waals surface area contributed by atoms with Gasteiger partial charge in [0.25, 0.3) is 0 Å². The molecule has 0 aliphatic heterocycles. The molecule has 0 amide bonds. The van der Waals surface area contributed by atoms with Gasteiger partial charge in [0.1, 0.15) is 0 Å². The SMILES string of the molecule is CC1(C)c2ccccc2-c2ccc(N(c3ccccc3)c3cc(N(c4ccccc4)c4ccc5c(c4)C(C)(C)c4ccccc4-5)c4c(c3)C(c3ccccc3)(c3ccccc3)c3ccccc3-4)cc21. The Hall–Kier alpha value is -8.20. The second-order valence-electron chi connectivity index (χ2n) is 20.1. The molecule has 330 valence electrons. The highest BCUT2D eigenvalue weighted by atomic mass is 15.2. The third-order valence-corrected chi connectivity index (χ3v) is 15.7. The fourth-order valence-electron chi connectivity index (χ4n) is 12.5. The second-order valence-corrected chi connectivity index (χ2v) is 20.1. The Balaban J connectivity index is 1.15.